The summed E-state index contributed by atoms with van der Waals surface area (Å²) in [5.74, 6) is 0.103. The highest BCUT2D eigenvalue weighted by Crippen LogP contribution is 2.21. The van der Waals surface area contributed by atoms with Gasteiger partial charge in [-0.15, -0.1) is 0 Å². The zero-order chi connectivity index (χ0) is 8.27. The smallest absolute Gasteiger partial charge is 0.0988 e. The molecule has 0 saturated carbocycles. The van der Waals surface area contributed by atoms with Crippen LogP contribution in [0.15, 0.2) is 23.8 Å². The second kappa shape index (κ2) is 3.03. The van der Waals surface area contributed by atoms with Crippen molar-refractivity contribution in [3.63, 3.8) is 0 Å². The zero-order valence-corrected chi connectivity index (χ0v) is 6.28. The van der Waals surface area contributed by atoms with Crippen molar-refractivity contribution in [1.29, 1.82) is 10.5 Å². The summed E-state index contributed by atoms with van der Waals surface area (Å²) in [6, 6.07) is 4.20. The Morgan fingerprint density at radius 1 is 1.45 bits per heavy atom. The third-order valence-electron chi connectivity index (χ3n) is 1.77. The molecule has 0 bridgehead atoms. The molecule has 2 atom stereocenters. The van der Waals surface area contributed by atoms with E-state index in [1.165, 1.54) is 0 Å². The first-order valence-electron chi connectivity index (χ1n) is 3.47. The molecule has 0 heterocycles. The second-order valence-electron chi connectivity index (χ2n) is 2.61. The second-order valence-corrected chi connectivity index (χ2v) is 2.61. The number of hydrogen-bond acceptors (Lipinski definition) is 2. The van der Waals surface area contributed by atoms with E-state index in [1.54, 1.807) is 12.2 Å². The molecule has 0 fully saturated rings. The molecule has 2 nitrogen and oxygen atoms in total. The lowest BCUT2D eigenvalue weighted by Gasteiger charge is -2.13. The van der Waals surface area contributed by atoms with Gasteiger partial charge >= 0.3 is 0 Å². The van der Waals surface area contributed by atoms with Crippen LogP contribution >= 0.6 is 0 Å². The van der Waals surface area contributed by atoms with Crippen LogP contribution in [0.5, 0.6) is 0 Å². The van der Waals surface area contributed by atoms with Crippen molar-refractivity contribution in [2.24, 2.45) is 11.8 Å². The Morgan fingerprint density at radius 2 is 2.18 bits per heavy atom. The first-order chi connectivity index (χ1) is 5.27. The highest BCUT2D eigenvalue weighted by atomic mass is 14.3. The number of rotatable bonds is 0. The van der Waals surface area contributed by atoms with Crippen molar-refractivity contribution in [3.8, 4) is 12.1 Å². The van der Waals surface area contributed by atoms with Crippen LogP contribution in [0, 0.1) is 34.5 Å². The number of hydrogen-bond donors (Lipinski definition) is 0. The molecule has 0 N–H and O–H groups in total. The highest BCUT2D eigenvalue weighted by Gasteiger charge is 2.15. The predicted molar refractivity (Wildman–Crippen MR) is 41.1 cm³/mol. The van der Waals surface area contributed by atoms with Crippen LogP contribution in [0.25, 0.3) is 0 Å². The molecule has 1 rings (SSSR count). The van der Waals surface area contributed by atoms with Crippen molar-refractivity contribution in [1.82, 2.24) is 0 Å². The van der Waals surface area contributed by atoms with Crippen LogP contribution in [0.3, 0.4) is 0 Å². The number of nitrogens with zero attached hydrogens (tertiary/aromatic N) is 2. The molecule has 2 heteroatoms. The molecule has 1 aliphatic rings. The normalized spacial score (nSPS) is 28.5. The highest BCUT2D eigenvalue weighted by molar-refractivity contribution is 5.37. The third kappa shape index (κ3) is 1.48. The molecule has 1 aliphatic carbocycles. The zero-order valence-electron chi connectivity index (χ0n) is 6.28. The van der Waals surface area contributed by atoms with Gasteiger partial charge in [-0.1, -0.05) is 19.1 Å². The van der Waals surface area contributed by atoms with Crippen LogP contribution < -0.4 is 0 Å². The van der Waals surface area contributed by atoms with Crippen LogP contribution in [-0.4, -0.2) is 0 Å². The molecule has 0 amide bonds. The Bertz CT molecular complexity index is 286. The van der Waals surface area contributed by atoms with Crippen LogP contribution in [0.1, 0.15) is 6.92 Å². The van der Waals surface area contributed by atoms with Crippen LogP contribution in [0.2, 0.25) is 0 Å². The van der Waals surface area contributed by atoms with E-state index >= 15 is 0 Å². The van der Waals surface area contributed by atoms with E-state index in [2.05, 4.69) is 6.07 Å². The molecule has 11 heavy (non-hydrogen) atoms. The minimum atomic E-state index is -0.0629. The van der Waals surface area contributed by atoms with Gasteiger partial charge in [-0.05, 0) is 12.0 Å². The van der Waals surface area contributed by atoms with Gasteiger partial charge in [-0.3, -0.25) is 0 Å². The molecule has 0 aromatic carbocycles. The molecule has 2 unspecified atom stereocenters. The lowest BCUT2D eigenvalue weighted by molar-refractivity contribution is 0.614. The molecule has 0 aromatic rings. The summed E-state index contributed by atoms with van der Waals surface area (Å²) in [7, 11) is 0. The van der Waals surface area contributed by atoms with Crippen LogP contribution in [-0.2, 0) is 0 Å². The Balaban J connectivity index is 2.83. The van der Waals surface area contributed by atoms with E-state index in [-0.39, 0.29) is 11.8 Å². The molecule has 0 spiro atoms. The van der Waals surface area contributed by atoms with Gasteiger partial charge < -0.3 is 0 Å². The minimum Gasteiger partial charge on any atom is -0.198 e. The molecule has 54 valence electrons. The maximum atomic E-state index is 8.61. The van der Waals surface area contributed by atoms with Crippen molar-refractivity contribution >= 4 is 0 Å². The average molecular weight is 144 g/mol. The lowest BCUT2D eigenvalue weighted by atomic mass is 9.89. The molecule has 0 aromatic heterocycles. The fourth-order valence-corrected chi connectivity index (χ4v) is 1.06. The van der Waals surface area contributed by atoms with Gasteiger partial charge in [0, 0.05) is 5.57 Å². The SMILES string of the molecule is CC1C=C(C#N)C=CC1C#N. The van der Waals surface area contributed by atoms with E-state index in [9.17, 15) is 0 Å². The van der Waals surface area contributed by atoms with E-state index in [0.29, 0.717) is 5.57 Å². The lowest BCUT2D eigenvalue weighted by Crippen LogP contribution is -2.07. The summed E-state index contributed by atoms with van der Waals surface area (Å²) in [4.78, 5) is 0. The summed E-state index contributed by atoms with van der Waals surface area (Å²) in [6.07, 6.45) is 5.31. The Kier molecular flexibility index (Phi) is 2.09. The summed E-state index contributed by atoms with van der Waals surface area (Å²) >= 11 is 0. The van der Waals surface area contributed by atoms with Crippen molar-refractivity contribution in [2.45, 2.75) is 6.92 Å². The van der Waals surface area contributed by atoms with Crippen molar-refractivity contribution < 1.29 is 0 Å². The van der Waals surface area contributed by atoms with Gasteiger partial charge in [-0.2, -0.15) is 10.5 Å². The quantitative estimate of drug-likeness (QED) is 0.520. The van der Waals surface area contributed by atoms with Gasteiger partial charge in [0.15, 0.2) is 0 Å². The Morgan fingerprint density at radius 3 is 2.64 bits per heavy atom. The van der Waals surface area contributed by atoms with Gasteiger partial charge in [0.2, 0.25) is 0 Å². The number of nitriles is 2. The van der Waals surface area contributed by atoms with Gasteiger partial charge in [0.1, 0.15) is 0 Å². The molecular formula is C9H8N2. The molecule has 0 radical (unpaired) electrons. The maximum absolute atomic E-state index is 8.61. The topological polar surface area (TPSA) is 47.6 Å². The summed E-state index contributed by atoms with van der Waals surface area (Å²) in [5, 5.41) is 17.1. The standard InChI is InChI=1S/C9H8N2/c1-7-4-8(5-10)2-3-9(7)6-11/h2-4,7,9H,1H3. The molecule has 0 aliphatic heterocycles. The Labute approximate surface area is 66.1 Å². The fraction of sp³-hybridized carbons (Fsp3) is 0.333. The first-order valence-corrected chi connectivity index (χ1v) is 3.47. The largest absolute Gasteiger partial charge is 0.198 e. The summed E-state index contributed by atoms with van der Waals surface area (Å²) in [5.41, 5.74) is 0.656. The van der Waals surface area contributed by atoms with E-state index in [1.807, 2.05) is 19.1 Å². The maximum Gasteiger partial charge on any atom is 0.0988 e. The van der Waals surface area contributed by atoms with E-state index < -0.39 is 0 Å². The Hall–Kier alpha value is -1.54. The average Bonchev–Trinajstić information content (AvgIpc) is 2.04. The monoisotopic (exact) mass is 144 g/mol. The van der Waals surface area contributed by atoms with Crippen molar-refractivity contribution in [2.75, 3.05) is 0 Å². The van der Waals surface area contributed by atoms with E-state index in [4.69, 9.17) is 10.5 Å². The number of allylic oxidation sites excluding steroid dienone is 4. The third-order valence-corrected chi connectivity index (χ3v) is 1.77. The van der Waals surface area contributed by atoms with Gasteiger partial charge in [0.25, 0.3) is 0 Å². The first kappa shape index (κ1) is 7.57. The fourth-order valence-electron chi connectivity index (χ4n) is 1.06. The minimum absolute atomic E-state index is 0.0629. The van der Waals surface area contributed by atoms with Gasteiger partial charge in [-0.25, -0.2) is 0 Å². The van der Waals surface area contributed by atoms with Crippen LogP contribution in [0.4, 0.5) is 0 Å². The van der Waals surface area contributed by atoms with Gasteiger partial charge in [0.05, 0.1) is 18.1 Å². The summed E-state index contributed by atoms with van der Waals surface area (Å²) in [6.45, 7) is 1.94. The molecule has 0 saturated heterocycles. The molecular weight excluding hydrogens is 136 g/mol. The van der Waals surface area contributed by atoms with E-state index in [0.717, 1.165) is 0 Å². The summed E-state index contributed by atoms with van der Waals surface area (Å²) < 4.78 is 0. The predicted octanol–water partition coefficient (Wildman–Crippen LogP) is 1.78. The van der Waals surface area contributed by atoms with Crippen molar-refractivity contribution in [3.05, 3.63) is 23.8 Å².